The Morgan fingerprint density at radius 3 is 2.39 bits per heavy atom. The third kappa shape index (κ3) is 3.59. The molecule has 0 saturated heterocycles. The van der Waals surface area contributed by atoms with E-state index in [0.717, 1.165) is 11.1 Å². The molecule has 0 radical (unpaired) electrons. The van der Waals surface area contributed by atoms with E-state index < -0.39 is 11.3 Å². The number of hydrogen-bond acceptors (Lipinski definition) is 6. The average Bonchev–Trinajstić information content (AvgIpc) is 3.23. The van der Waals surface area contributed by atoms with Crippen molar-refractivity contribution in [3.05, 3.63) is 54.2 Å². The number of anilines is 1. The van der Waals surface area contributed by atoms with E-state index in [4.69, 9.17) is 11.5 Å². The molecule has 3 heterocycles. The van der Waals surface area contributed by atoms with Crippen molar-refractivity contribution in [3.8, 4) is 11.3 Å². The van der Waals surface area contributed by atoms with Gasteiger partial charge < -0.3 is 11.5 Å². The number of aromatic amines is 1. The van der Waals surface area contributed by atoms with E-state index in [2.05, 4.69) is 30.1 Å². The molecule has 0 aliphatic rings. The van der Waals surface area contributed by atoms with Gasteiger partial charge in [-0.15, -0.1) is 0 Å². The first-order valence-electron chi connectivity index (χ1n) is 8.74. The Labute approximate surface area is 162 Å². The summed E-state index contributed by atoms with van der Waals surface area (Å²) in [7, 11) is 0. The number of hydrogen-bond donors (Lipinski definition) is 3. The third-order valence-electron chi connectivity index (χ3n) is 4.98. The van der Waals surface area contributed by atoms with Gasteiger partial charge in [0, 0.05) is 30.4 Å². The standard InChI is InChI=1S/C19H22N8O/c1-11(2)19(3,17(20)27-16(28)13-8-25-26-9-13)14-4-5-15(22-10-14)12-6-23-18(21)24-7-12/h4-11H,1-3H3,(H,25,26)(H2,20,27,28)(H2,21,23,24). The molecule has 3 rings (SSSR count). The van der Waals surface area contributed by atoms with E-state index >= 15 is 0 Å². The molecule has 9 nitrogen and oxygen atoms in total. The third-order valence-corrected chi connectivity index (χ3v) is 4.98. The second-order valence-electron chi connectivity index (χ2n) is 6.91. The number of rotatable bonds is 5. The van der Waals surface area contributed by atoms with Crippen LogP contribution in [0.5, 0.6) is 0 Å². The minimum Gasteiger partial charge on any atom is -0.386 e. The van der Waals surface area contributed by atoms with Gasteiger partial charge in [-0.2, -0.15) is 10.1 Å². The molecule has 3 aromatic heterocycles. The molecule has 0 aliphatic carbocycles. The van der Waals surface area contributed by atoms with Crippen molar-refractivity contribution >= 4 is 17.7 Å². The summed E-state index contributed by atoms with van der Waals surface area (Å²) in [6, 6.07) is 3.78. The van der Waals surface area contributed by atoms with Gasteiger partial charge in [-0.25, -0.2) is 9.97 Å². The predicted molar refractivity (Wildman–Crippen MR) is 106 cm³/mol. The summed E-state index contributed by atoms with van der Waals surface area (Å²) in [4.78, 5) is 28.9. The molecule has 5 N–H and O–H groups in total. The Balaban J connectivity index is 1.94. The minimum absolute atomic E-state index is 0.0703. The van der Waals surface area contributed by atoms with Gasteiger partial charge in [0.2, 0.25) is 5.95 Å². The van der Waals surface area contributed by atoms with Crippen LogP contribution in [0.25, 0.3) is 11.3 Å². The monoisotopic (exact) mass is 378 g/mol. The van der Waals surface area contributed by atoms with Crippen LogP contribution in [-0.4, -0.2) is 36.9 Å². The molecular formula is C19H22N8O. The Kier molecular flexibility index (Phi) is 5.16. The zero-order valence-corrected chi connectivity index (χ0v) is 15.9. The fourth-order valence-corrected chi connectivity index (χ4v) is 2.78. The van der Waals surface area contributed by atoms with Crippen molar-refractivity contribution in [2.45, 2.75) is 26.2 Å². The number of H-pyrrole nitrogens is 1. The van der Waals surface area contributed by atoms with Crippen molar-refractivity contribution in [1.82, 2.24) is 25.1 Å². The Morgan fingerprint density at radius 2 is 1.86 bits per heavy atom. The minimum atomic E-state index is -0.678. The SMILES string of the molecule is CC(C)C(C)(C(N)=NC(=O)c1cn[nH]c1)c1ccc(-c2cnc(N)nc2)nc1. The van der Waals surface area contributed by atoms with Crippen molar-refractivity contribution < 1.29 is 4.79 Å². The zero-order chi connectivity index (χ0) is 20.3. The molecule has 144 valence electrons. The van der Waals surface area contributed by atoms with Crippen LogP contribution < -0.4 is 11.5 Å². The number of amidine groups is 1. The second kappa shape index (κ2) is 7.55. The lowest BCUT2D eigenvalue weighted by Crippen LogP contribution is -2.43. The van der Waals surface area contributed by atoms with Gasteiger partial charge in [0.1, 0.15) is 5.84 Å². The van der Waals surface area contributed by atoms with E-state index in [9.17, 15) is 4.79 Å². The number of carbonyl (C=O) groups excluding carboxylic acids is 1. The van der Waals surface area contributed by atoms with Crippen LogP contribution in [-0.2, 0) is 5.41 Å². The summed E-state index contributed by atoms with van der Waals surface area (Å²) in [6.45, 7) is 5.99. The largest absolute Gasteiger partial charge is 0.386 e. The van der Waals surface area contributed by atoms with Crippen LogP contribution in [0.3, 0.4) is 0 Å². The van der Waals surface area contributed by atoms with Gasteiger partial charge >= 0.3 is 0 Å². The highest BCUT2D eigenvalue weighted by atomic mass is 16.1. The Morgan fingerprint density at radius 1 is 1.14 bits per heavy atom. The summed E-state index contributed by atoms with van der Waals surface area (Å²) in [5.74, 6) is 0.0562. The average molecular weight is 378 g/mol. The first-order valence-corrected chi connectivity index (χ1v) is 8.74. The van der Waals surface area contributed by atoms with Crippen molar-refractivity contribution in [2.75, 3.05) is 5.73 Å². The first kappa shape index (κ1) is 19.2. The number of aromatic nitrogens is 5. The molecule has 0 saturated carbocycles. The van der Waals surface area contributed by atoms with E-state index in [-0.39, 0.29) is 17.7 Å². The molecule has 0 aliphatic heterocycles. The topological polar surface area (TPSA) is 149 Å². The highest BCUT2D eigenvalue weighted by Crippen LogP contribution is 2.33. The normalized spacial score (nSPS) is 14.1. The number of nitrogens with one attached hydrogen (secondary N) is 1. The van der Waals surface area contributed by atoms with E-state index in [1.165, 1.54) is 12.4 Å². The van der Waals surface area contributed by atoms with Gasteiger partial charge in [-0.1, -0.05) is 19.9 Å². The number of nitrogens with two attached hydrogens (primary N) is 2. The fraction of sp³-hybridized carbons (Fsp3) is 0.263. The van der Waals surface area contributed by atoms with Crippen molar-refractivity contribution in [3.63, 3.8) is 0 Å². The van der Waals surface area contributed by atoms with Crippen molar-refractivity contribution in [2.24, 2.45) is 16.6 Å². The van der Waals surface area contributed by atoms with Crippen LogP contribution >= 0.6 is 0 Å². The van der Waals surface area contributed by atoms with Crippen LogP contribution in [0.1, 0.15) is 36.7 Å². The highest BCUT2D eigenvalue weighted by molar-refractivity contribution is 6.05. The van der Waals surface area contributed by atoms with Crippen LogP contribution in [0.4, 0.5) is 5.95 Å². The Bertz CT molecular complexity index is 978. The van der Waals surface area contributed by atoms with Gasteiger partial charge in [0.15, 0.2) is 0 Å². The fourth-order valence-electron chi connectivity index (χ4n) is 2.78. The molecule has 1 amide bonds. The summed E-state index contributed by atoms with van der Waals surface area (Å²) in [5, 5.41) is 6.36. The number of aliphatic imine (C=N–C) groups is 1. The van der Waals surface area contributed by atoms with Crippen LogP contribution in [0, 0.1) is 5.92 Å². The highest BCUT2D eigenvalue weighted by Gasteiger charge is 2.36. The number of amides is 1. The smallest absolute Gasteiger partial charge is 0.281 e. The number of carbonyl (C=O) groups is 1. The summed E-state index contributed by atoms with van der Waals surface area (Å²) in [6.07, 6.45) is 7.86. The van der Waals surface area contributed by atoms with E-state index in [1.54, 1.807) is 18.6 Å². The quantitative estimate of drug-likeness (QED) is 0.454. The first-order chi connectivity index (χ1) is 13.3. The molecule has 0 spiro atoms. The molecular weight excluding hydrogens is 356 g/mol. The zero-order valence-electron chi connectivity index (χ0n) is 15.9. The second-order valence-corrected chi connectivity index (χ2v) is 6.91. The maximum absolute atomic E-state index is 12.3. The number of nitrogen functional groups attached to an aromatic ring is 1. The Hall–Kier alpha value is -3.62. The maximum Gasteiger partial charge on any atom is 0.281 e. The molecule has 3 aromatic rings. The molecule has 0 aromatic carbocycles. The lowest BCUT2D eigenvalue weighted by Gasteiger charge is -2.33. The summed E-state index contributed by atoms with van der Waals surface area (Å²) in [5.41, 5.74) is 13.8. The van der Waals surface area contributed by atoms with Crippen molar-refractivity contribution in [1.29, 1.82) is 0 Å². The predicted octanol–water partition coefficient (Wildman–Crippen LogP) is 1.96. The van der Waals surface area contributed by atoms with E-state index in [1.807, 2.05) is 32.9 Å². The molecule has 28 heavy (non-hydrogen) atoms. The van der Waals surface area contributed by atoms with Crippen LogP contribution in [0.15, 0.2) is 48.1 Å². The maximum atomic E-state index is 12.3. The lowest BCUT2D eigenvalue weighted by molar-refractivity contribution is 0.100. The summed E-state index contributed by atoms with van der Waals surface area (Å²) >= 11 is 0. The van der Waals surface area contributed by atoms with Gasteiger partial charge in [-0.05, 0) is 24.5 Å². The summed E-state index contributed by atoms with van der Waals surface area (Å²) < 4.78 is 0. The molecule has 1 atom stereocenters. The van der Waals surface area contributed by atoms with Crippen LogP contribution in [0.2, 0.25) is 0 Å². The van der Waals surface area contributed by atoms with Gasteiger partial charge in [0.05, 0.1) is 22.9 Å². The lowest BCUT2D eigenvalue weighted by atomic mass is 9.73. The van der Waals surface area contributed by atoms with Gasteiger partial charge in [-0.3, -0.25) is 14.9 Å². The van der Waals surface area contributed by atoms with Gasteiger partial charge in [0.25, 0.3) is 5.91 Å². The number of nitrogens with zero attached hydrogens (tertiary/aromatic N) is 5. The van der Waals surface area contributed by atoms with E-state index in [0.29, 0.717) is 11.3 Å². The molecule has 1 unspecified atom stereocenters. The molecule has 0 fully saturated rings. The number of pyridine rings is 1. The molecule has 9 heteroatoms. The molecule has 0 bridgehead atoms.